The molecule has 1 aliphatic rings. The van der Waals surface area contributed by atoms with E-state index in [4.69, 9.17) is 4.84 Å². The summed E-state index contributed by atoms with van der Waals surface area (Å²) in [5.74, 6) is -0.530. The van der Waals surface area contributed by atoms with Gasteiger partial charge in [0.05, 0.1) is 17.7 Å². The van der Waals surface area contributed by atoms with Gasteiger partial charge < -0.3 is 0 Å². The van der Waals surface area contributed by atoms with E-state index >= 15 is 0 Å². The molecule has 0 spiro atoms. The molecule has 33 heavy (non-hydrogen) atoms. The molecule has 2 heterocycles. The fraction of sp³-hybridized carbons (Fsp3) is 0.0952. The molecule has 0 saturated carbocycles. The van der Waals surface area contributed by atoms with E-state index in [9.17, 15) is 34.8 Å². The molecule has 0 atom stereocenters. The van der Waals surface area contributed by atoms with Gasteiger partial charge in [0.15, 0.2) is 6.61 Å². The van der Waals surface area contributed by atoms with Crippen LogP contribution in [0.2, 0.25) is 0 Å². The summed E-state index contributed by atoms with van der Waals surface area (Å²) in [6.07, 6.45) is 3.62. The van der Waals surface area contributed by atoms with Crippen molar-refractivity contribution in [2.45, 2.75) is 0 Å². The largest absolute Gasteiger partial charge is 0.271 e. The van der Waals surface area contributed by atoms with Gasteiger partial charge in [0.1, 0.15) is 0 Å². The van der Waals surface area contributed by atoms with Crippen molar-refractivity contribution in [3.8, 4) is 11.1 Å². The number of imide groups is 1. The zero-order chi connectivity index (χ0) is 24.3. The number of rotatable bonds is 5. The average molecular weight is 490 g/mol. The molecule has 0 saturated heterocycles. The number of hydrogen-bond donors (Lipinski definition) is 0. The molecule has 1 aliphatic heterocycles. The first-order valence-corrected chi connectivity index (χ1v) is 11.4. The van der Waals surface area contributed by atoms with E-state index in [2.05, 4.69) is 0 Å². The molecule has 12 heteroatoms. The Bertz CT molecular complexity index is 1120. The summed E-state index contributed by atoms with van der Waals surface area (Å²) in [6.45, 7) is 0.431. The molecule has 176 valence electrons. The normalized spacial score (nSPS) is 15.2. The van der Waals surface area contributed by atoms with Gasteiger partial charge in [-0.3, -0.25) is 19.3 Å². The molecule has 0 fully saturated rings. The first-order chi connectivity index (χ1) is 15.2. The molecule has 4 rings (SSSR count). The first-order valence-electron chi connectivity index (χ1n) is 9.41. The molecule has 0 aliphatic carbocycles. The van der Waals surface area contributed by atoms with Gasteiger partial charge in [0.2, 0.25) is 12.4 Å². The van der Waals surface area contributed by atoms with Crippen molar-refractivity contribution >= 4 is 19.6 Å². The maximum absolute atomic E-state index is 12.3. The zero-order valence-corrected chi connectivity index (χ0v) is 17.6. The van der Waals surface area contributed by atoms with Crippen LogP contribution in [0.25, 0.3) is 11.1 Å². The van der Waals surface area contributed by atoms with Crippen LogP contribution in [-0.2, 0) is 0 Å². The van der Waals surface area contributed by atoms with Crippen LogP contribution >= 0.6 is 7.81 Å². The predicted molar refractivity (Wildman–Crippen MR) is 109 cm³/mol. The summed E-state index contributed by atoms with van der Waals surface area (Å²) < 4.78 is 60.8. The number of pyridine rings is 1. The third-order valence-electron chi connectivity index (χ3n) is 4.34. The summed E-state index contributed by atoms with van der Waals surface area (Å²) in [4.78, 5) is 31.4. The number of halogens is 6. The van der Waals surface area contributed by atoms with Crippen molar-refractivity contribution in [2.24, 2.45) is 0 Å². The van der Waals surface area contributed by atoms with Gasteiger partial charge in [-0.05, 0) is 23.3 Å². The van der Waals surface area contributed by atoms with Crippen LogP contribution in [0.4, 0.5) is 25.2 Å². The molecule has 0 unspecified atom stereocenters. The number of hydrogen-bond acceptors (Lipinski definition) is 3. The number of amides is 2. The predicted octanol–water partition coefficient (Wildman–Crippen LogP) is 5.75. The second kappa shape index (κ2) is 8.15. The van der Waals surface area contributed by atoms with Gasteiger partial charge in [-0.15, -0.1) is 0 Å². The number of nitrogens with zero attached hydrogens (tertiary/aromatic N) is 2. The van der Waals surface area contributed by atoms with Gasteiger partial charge in [0, 0.05) is 16.9 Å². The van der Waals surface area contributed by atoms with Crippen molar-refractivity contribution in [3.63, 3.8) is 0 Å². The molecule has 0 bridgehead atoms. The second-order valence-electron chi connectivity index (χ2n) is 6.91. The van der Waals surface area contributed by atoms with Crippen LogP contribution < -0.4 is 9.57 Å². The molecule has 2 amide bonds. The third kappa shape index (κ3) is 7.57. The van der Waals surface area contributed by atoms with Crippen molar-refractivity contribution < 1.29 is 44.3 Å². The molecule has 3 aromatic rings. The Morgan fingerprint density at radius 3 is 1.61 bits per heavy atom. The minimum absolute atomic E-state index is 0.208. The van der Waals surface area contributed by atoms with Crippen molar-refractivity contribution in [3.05, 3.63) is 90.3 Å². The summed E-state index contributed by atoms with van der Waals surface area (Å²) in [7, 11) is -10.7. The molecule has 5 nitrogen and oxygen atoms in total. The number of fused-ring (bicyclic) bond motifs is 1. The van der Waals surface area contributed by atoms with Gasteiger partial charge in [-0.2, -0.15) is 0 Å². The Morgan fingerprint density at radius 2 is 1.12 bits per heavy atom. The van der Waals surface area contributed by atoms with Crippen LogP contribution in [0.1, 0.15) is 20.7 Å². The molecule has 0 radical (unpaired) electrons. The number of carbonyl (C=O) groups excluding carboxylic acids is 2. The van der Waals surface area contributed by atoms with Gasteiger partial charge >= 0.3 is 33.0 Å². The summed E-state index contributed by atoms with van der Waals surface area (Å²) in [5, 5.41) is 0. The molecule has 0 N–H and O–H groups in total. The van der Waals surface area contributed by atoms with Gasteiger partial charge in [0.25, 0.3) is 11.8 Å². The maximum atomic E-state index is 12.3. The Labute approximate surface area is 184 Å². The van der Waals surface area contributed by atoms with E-state index in [-0.39, 0.29) is 25.0 Å². The molecule has 2 aromatic carbocycles. The fourth-order valence-electron chi connectivity index (χ4n) is 3.00. The Morgan fingerprint density at radius 1 is 0.697 bits per heavy atom. The van der Waals surface area contributed by atoms with Crippen LogP contribution in [-0.4, -0.2) is 29.9 Å². The van der Waals surface area contributed by atoms with E-state index < -0.39 is 7.81 Å². The molecular formula is C21H17F6N2O3P. The Hall–Kier alpha value is -3.46. The standard InChI is InChI=1S/C21H17N2O3.F6P/c24-20-18-8-4-5-9-19(18)21(25)23(20)14-15-26-22-12-10-17(11-13-22)16-6-2-1-3-7-16;1-7(2,3,4,5)6/h1-13H,14-15H2;/q+1;-1. The quantitative estimate of drug-likeness (QED) is 0.198. The topological polar surface area (TPSA) is 50.5 Å². The molecule has 1 aromatic heterocycles. The second-order valence-corrected chi connectivity index (χ2v) is 8.83. The smallest absolute Gasteiger partial charge is 0.261 e. The maximum Gasteiger partial charge on any atom is 0.261 e. The SMILES string of the molecule is F[P-](F)(F)(F)(F)F.O=C1c2ccccc2C(=O)N1CCO[n+]1ccc(-c2ccccc2)cc1. The van der Waals surface area contributed by atoms with Crippen LogP contribution in [0.3, 0.4) is 0 Å². The zero-order valence-electron chi connectivity index (χ0n) is 16.8. The van der Waals surface area contributed by atoms with Crippen molar-refractivity contribution in [1.29, 1.82) is 0 Å². The van der Waals surface area contributed by atoms with Crippen LogP contribution in [0.5, 0.6) is 0 Å². The van der Waals surface area contributed by atoms with E-state index in [1.165, 1.54) is 4.90 Å². The van der Waals surface area contributed by atoms with Crippen LogP contribution in [0.15, 0.2) is 79.1 Å². The fourth-order valence-corrected chi connectivity index (χ4v) is 3.00. The number of benzene rings is 2. The number of carbonyl (C=O) groups is 2. The average Bonchev–Trinajstić information content (AvgIpc) is 2.98. The summed E-state index contributed by atoms with van der Waals surface area (Å²) in [5.41, 5.74) is 3.13. The number of aromatic nitrogens is 1. The van der Waals surface area contributed by atoms with E-state index in [1.807, 2.05) is 54.9 Å². The molecular weight excluding hydrogens is 473 g/mol. The van der Waals surface area contributed by atoms with Crippen molar-refractivity contribution in [1.82, 2.24) is 4.90 Å². The van der Waals surface area contributed by atoms with E-state index in [1.54, 1.807) is 29.0 Å². The van der Waals surface area contributed by atoms with Gasteiger partial charge in [-0.25, -0.2) is 0 Å². The third-order valence-corrected chi connectivity index (χ3v) is 4.34. The van der Waals surface area contributed by atoms with E-state index in [0.717, 1.165) is 11.1 Å². The minimum atomic E-state index is -10.7. The van der Waals surface area contributed by atoms with E-state index in [0.29, 0.717) is 11.1 Å². The Balaban J connectivity index is 0.000000383. The van der Waals surface area contributed by atoms with Crippen LogP contribution in [0, 0.1) is 0 Å². The Kier molecular flexibility index (Phi) is 5.97. The van der Waals surface area contributed by atoms with Crippen molar-refractivity contribution in [2.75, 3.05) is 13.2 Å². The summed E-state index contributed by atoms with van der Waals surface area (Å²) >= 11 is 0. The first kappa shape index (κ1) is 24.2. The minimum Gasteiger partial charge on any atom is -0.271 e. The summed E-state index contributed by atoms with van der Waals surface area (Å²) in [6, 6.07) is 20.8. The van der Waals surface area contributed by atoms with Gasteiger partial charge in [-0.1, -0.05) is 42.5 Å². The monoisotopic (exact) mass is 490 g/mol.